The Bertz CT molecular complexity index is 588. The van der Waals surface area contributed by atoms with E-state index in [9.17, 15) is 13.5 Å². The summed E-state index contributed by atoms with van der Waals surface area (Å²) in [6, 6.07) is 1.91. The molecule has 0 saturated heterocycles. The average molecular weight is 300 g/mol. The van der Waals surface area contributed by atoms with Crippen molar-refractivity contribution in [2.45, 2.75) is 39.3 Å². The Kier molecular flexibility index (Phi) is 4.01. The fraction of sp³-hybridized carbons (Fsp3) is 0.714. The summed E-state index contributed by atoms with van der Waals surface area (Å²) in [7, 11) is -0.0952. The number of hydrogen-bond acceptors (Lipinski definition) is 3. The van der Waals surface area contributed by atoms with E-state index in [1.807, 2.05) is 16.8 Å². The van der Waals surface area contributed by atoms with Crippen LogP contribution in [0, 0.1) is 5.41 Å². The zero-order valence-corrected chi connectivity index (χ0v) is 13.4. The van der Waals surface area contributed by atoms with Gasteiger partial charge in [-0.2, -0.15) is 0 Å². The molecule has 114 valence electrons. The summed E-state index contributed by atoms with van der Waals surface area (Å²) in [6.07, 6.45) is 3.06. The zero-order valence-electron chi connectivity index (χ0n) is 12.6. The van der Waals surface area contributed by atoms with Gasteiger partial charge in [0.15, 0.2) is 0 Å². The molecule has 1 aromatic rings. The summed E-state index contributed by atoms with van der Waals surface area (Å²) < 4.78 is 26.9. The van der Waals surface area contributed by atoms with Crippen LogP contribution in [-0.4, -0.2) is 42.2 Å². The Labute approximate surface area is 121 Å². The Morgan fingerprint density at radius 3 is 2.70 bits per heavy atom. The van der Waals surface area contributed by atoms with Crippen LogP contribution in [0.3, 0.4) is 0 Å². The van der Waals surface area contributed by atoms with Crippen LogP contribution < -0.4 is 0 Å². The SMILES string of the molecule is CN(C)S(=O)(=O)CCn1ccc2c1CC(C)(C)CC2O. The van der Waals surface area contributed by atoms with E-state index < -0.39 is 16.1 Å². The molecule has 0 amide bonds. The lowest BCUT2D eigenvalue weighted by Gasteiger charge is -2.34. The molecule has 1 unspecified atom stereocenters. The van der Waals surface area contributed by atoms with Gasteiger partial charge >= 0.3 is 0 Å². The maximum Gasteiger partial charge on any atom is 0.215 e. The minimum absolute atomic E-state index is 0.0446. The van der Waals surface area contributed by atoms with Crippen LogP contribution in [0.1, 0.15) is 37.6 Å². The third-order valence-corrected chi connectivity index (χ3v) is 5.82. The number of aromatic nitrogens is 1. The van der Waals surface area contributed by atoms with Gasteiger partial charge in [-0.1, -0.05) is 13.8 Å². The zero-order chi connectivity index (χ0) is 15.1. The van der Waals surface area contributed by atoms with Crippen molar-refractivity contribution in [1.29, 1.82) is 0 Å². The number of aliphatic hydroxyl groups is 1. The van der Waals surface area contributed by atoms with Gasteiger partial charge in [0, 0.05) is 38.1 Å². The van der Waals surface area contributed by atoms with Crippen molar-refractivity contribution in [2.24, 2.45) is 5.41 Å². The second kappa shape index (κ2) is 5.16. The third-order valence-electron chi connectivity index (χ3n) is 4.01. The Hall–Kier alpha value is -0.850. The van der Waals surface area contributed by atoms with E-state index in [1.165, 1.54) is 4.31 Å². The number of nitrogens with zero attached hydrogens (tertiary/aromatic N) is 2. The van der Waals surface area contributed by atoms with Gasteiger partial charge in [-0.3, -0.25) is 0 Å². The predicted molar refractivity (Wildman–Crippen MR) is 79.0 cm³/mol. The summed E-state index contributed by atoms with van der Waals surface area (Å²) >= 11 is 0. The molecule has 0 bridgehead atoms. The predicted octanol–water partition coefficient (Wildman–Crippen LogP) is 1.39. The highest BCUT2D eigenvalue weighted by molar-refractivity contribution is 7.89. The lowest BCUT2D eigenvalue weighted by molar-refractivity contribution is 0.0980. The topological polar surface area (TPSA) is 62.5 Å². The van der Waals surface area contributed by atoms with Gasteiger partial charge in [0.2, 0.25) is 10.0 Å². The fourth-order valence-electron chi connectivity index (χ4n) is 2.79. The van der Waals surface area contributed by atoms with E-state index in [-0.39, 0.29) is 11.2 Å². The molecule has 0 aliphatic heterocycles. The van der Waals surface area contributed by atoms with E-state index in [0.717, 1.165) is 24.1 Å². The lowest BCUT2D eigenvalue weighted by Crippen LogP contribution is -2.29. The maximum absolute atomic E-state index is 11.8. The van der Waals surface area contributed by atoms with Crippen molar-refractivity contribution in [3.63, 3.8) is 0 Å². The second-order valence-corrected chi connectivity index (χ2v) is 8.87. The quantitative estimate of drug-likeness (QED) is 0.914. The van der Waals surface area contributed by atoms with E-state index >= 15 is 0 Å². The number of sulfonamides is 1. The first-order chi connectivity index (χ1) is 9.12. The summed E-state index contributed by atoms with van der Waals surface area (Å²) in [5.41, 5.74) is 2.07. The number of hydrogen-bond donors (Lipinski definition) is 1. The molecule has 0 spiro atoms. The fourth-order valence-corrected chi connectivity index (χ4v) is 3.59. The second-order valence-electron chi connectivity index (χ2n) is 6.57. The molecule has 20 heavy (non-hydrogen) atoms. The molecule has 0 fully saturated rings. The minimum atomic E-state index is -3.19. The van der Waals surface area contributed by atoms with Crippen molar-refractivity contribution in [1.82, 2.24) is 8.87 Å². The number of aliphatic hydroxyl groups excluding tert-OH is 1. The maximum atomic E-state index is 11.8. The summed E-state index contributed by atoms with van der Waals surface area (Å²) in [6.45, 7) is 4.69. The molecular weight excluding hydrogens is 276 g/mol. The van der Waals surface area contributed by atoms with Crippen LogP contribution in [0.5, 0.6) is 0 Å². The molecule has 1 heterocycles. The summed E-state index contributed by atoms with van der Waals surface area (Å²) in [5, 5.41) is 10.2. The van der Waals surface area contributed by atoms with Crippen molar-refractivity contribution >= 4 is 10.0 Å². The Balaban J connectivity index is 2.20. The molecule has 0 saturated carbocycles. The minimum Gasteiger partial charge on any atom is -0.388 e. The highest BCUT2D eigenvalue weighted by Gasteiger charge is 2.33. The average Bonchev–Trinajstić information content (AvgIpc) is 2.68. The van der Waals surface area contributed by atoms with Crippen molar-refractivity contribution in [3.8, 4) is 0 Å². The van der Waals surface area contributed by atoms with Crippen LogP contribution in [-0.2, 0) is 23.0 Å². The van der Waals surface area contributed by atoms with Gasteiger partial charge in [0.05, 0.1) is 11.9 Å². The molecule has 6 heteroatoms. The summed E-state index contributed by atoms with van der Waals surface area (Å²) in [4.78, 5) is 0. The van der Waals surface area contributed by atoms with Gasteiger partial charge < -0.3 is 9.67 Å². The monoisotopic (exact) mass is 300 g/mol. The first kappa shape index (κ1) is 15.5. The van der Waals surface area contributed by atoms with Crippen LogP contribution in [0.15, 0.2) is 12.3 Å². The highest BCUT2D eigenvalue weighted by atomic mass is 32.2. The molecule has 0 radical (unpaired) electrons. The van der Waals surface area contributed by atoms with Crippen LogP contribution in [0.4, 0.5) is 0 Å². The normalized spacial score (nSPS) is 22.0. The van der Waals surface area contributed by atoms with Gasteiger partial charge in [-0.05, 0) is 24.3 Å². The smallest absolute Gasteiger partial charge is 0.215 e. The van der Waals surface area contributed by atoms with Crippen molar-refractivity contribution in [3.05, 3.63) is 23.5 Å². The van der Waals surface area contributed by atoms with E-state index in [1.54, 1.807) is 14.1 Å². The van der Waals surface area contributed by atoms with E-state index in [4.69, 9.17) is 0 Å². The largest absolute Gasteiger partial charge is 0.388 e. The van der Waals surface area contributed by atoms with Crippen LogP contribution >= 0.6 is 0 Å². The molecule has 1 aliphatic carbocycles. The van der Waals surface area contributed by atoms with E-state index in [2.05, 4.69) is 13.8 Å². The van der Waals surface area contributed by atoms with Gasteiger partial charge in [-0.15, -0.1) is 0 Å². The van der Waals surface area contributed by atoms with Gasteiger partial charge in [0.25, 0.3) is 0 Å². The van der Waals surface area contributed by atoms with Gasteiger partial charge in [-0.25, -0.2) is 12.7 Å². The van der Waals surface area contributed by atoms with Crippen LogP contribution in [0.25, 0.3) is 0 Å². The van der Waals surface area contributed by atoms with Crippen molar-refractivity contribution in [2.75, 3.05) is 19.8 Å². The third kappa shape index (κ3) is 3.07. The first-order valence-corrected chi connectivity index (χ1v) is 8.49. The molecule has 0 aromatic carbocycles. The Morgan fingerprint density at radius 1 is 1.45 bits per heavy atom. The first-order valence-electron chi connectivity index (χ1n) is 6.88. The molecule has 2 rings (SSSR count). The van der Waals surface area contributed by atoms with Crippen LogP contribution in [0.2, 0.25) is 0 Å². The standard InChI is InChI=1S/C14H24N2O3S/c1-14(2)9-12-11(13(17)10-14)5-6-16(12)7-8-20(18,19)15(3)4/h5-6,13,17H,7-10H2,1-4H3. The van der Waals surface area contributed by atoms with E-state index in [0.29, 0.717) is 6.54 Å². The Morgan fingerprint density at radius 2 is 2.10 bits per heavy atom. The number of rotatable bonds is 4. The lowest BCUT2D eigenvalue weighted by atomic mass is 9.75. The highest BCUT2D eigenvalue weighted by Crippen LogP contribution is 2.41. The molecule has 1 aliphatic rings. The number of aryl methyl sites for hydroxylation is 1. The number of fused-ring (bicyclic) bond motifs is 1. The molecule has 1 aromatic heterocycles. The van der Waals surface area contributed by atoms with Gasteiger partial charge in [0.1, 0.15) is 0 Å². The molecule has 1 N–H and O–H groups in total. The van der Waals surface area contributed by atoms with Crippen molar-refractivity contribution < 1.29 is 13.5 Å². The molecule has 5 nitrogen and oxygen atoms in total. The molecule has 1 atom stereocenters. The summed E-state index contributed by atoms with van der Waals surface area (Å²) in [5.74, 6) is 0.0810. The molecular formula is C14H24N2O3S.